The maximum Gasteiger partial charge on any atom is 0.237 e. The van der Waals surface area contributed by atoms with E-state index >= 15 is 0 Å². The standard InChI is InChI=1S/C16H23N3O2/c1-16(8-4-5-9-16)15(21)19(11-14(18)20)10-12-6-2-3-7-13(12)17/h2-3,6-7H,4-5,8-11,17H2,1H3,(H2,18,20). The summed E-state index contributed by atoms with van der Waals surface area (Å²) in [5, 5.41) is 0. The van der Waals surface area contributed by atoms with E-state index in [1.165, 1.54) is 0 Å². The van der Waals surface area contributed by atoms with Crippen molar-refractivity contribution in [1.82, 2.24) is 4.90 Å². The summed E-state index contributed by atoms with van der Waals surface area (Å²) >= 11 is 0. The van der Waals surface area contributed by atoms with Crippen molar-refractivity contribution in [2.45, 2.75) is 39.2 Å². The van der Waals surface area contributed by atoms with E-state index in [9.17, 15) is 9.59 Å². The van der Waals surface area contributed by atoms with Crippen molar-refractivity contribution in [2.24, 2.45) is 11.1 Å². The van der Waals surface area contributed by atoms with Gasteiger partial charge in [-0.05, 0) is 24.5 Å². The third kappa shape index (κ3) is 3.54. The number of nitrogen functional groups attached to an aromatic ring is 1. The number of rotatable bonds is 5. The summed E-state index contributed by atoms with van der Waals surface area (Å²) in [4.78, 5) is 25.6. The number of nitrogens with two attached hydrogens (primary N) is 2. The summed E-state index contributed by atoms with van der Waals surface area (Å²) < 4.78 is 0. The third-order valence-electron chi connectivity index (χ3n) is 4.27. The van der Waals surface area contributed by atoms with Crippen LogP contribution in [0.2, 0.25) is 0 Å². The molecule has 1 aromatic rings. The highest BCUT2D eigenvalue weighted by Gasteiger charge is 2.39. The minimum Gasteiger partial charge on any atom is -0.398 e. The number of nitrogens with zero attached hydrogens (tertiary/aromatic N) is 1. The normalized spacial score (nSPS) is 16.6. The van der Waals surface area contributed by atoms with Crippen molar-refractivity contribution in [1.29, 1.82) is 0 Å². The predicted molar refractivity (Wildman–Crippen MR) is 82.0 cm³/mol. The average molecular weight is 289 g/mol. The molecule has 5 heteroatoms. The molecule has 0 heterocycles. The van der Waals surface area contributed by atoms with Crippen LogP contribution >= 0.6 is 0 Å². The highest BCUT2D eigenvalue weighted by atomic mass is 16.2. The van der Waals surface area contributed by atoms with Crippen LogP contribution in [0.5, 0.6) is 0 Å². The Bertz CT molecular complexity index is 536. The summed E-state index contributed by atoms with van der Waals surface area (Å²) in [5.74, 6) is -0.499. The molecule has 0 spiro atoms. The number of hydrogen-bond acceptors (Lipinski definition) is 3. The lowest BCUT2D eigenvalue weighted by molar-refractivity contribution is -0.144. The van der Waals surface area contributed by atoms with Crippen LogP contribution in [0.25, 0.3) is 0 Å². The van der Waals surface area contributed by atoms with Gasteiger partial charge in [-0.25, -0.2) is 0 Å². The van der Waals surface area contributed by atoms with E-state index in [0.29, 0.717) is 12.2 Å². The van der Waals surface area contributed by atoms with E-state index in [-0.39, 0.29) is 17.9 Å². The van der Waals surface area contributed by atoms with Crippen LogP contribution in [0.15, 0.2) is 24.3 Å². The van der Waals surface area contributed by atoms with Crippen molar-refractivity contribution in [3.63, 3.8) is 0 Å². The predicted octanol–water partition coefficient (Wildman–Crippen LogP) is 1.66. The van der Waals surface area contributed by atoms with Crippen LogP contribution in [0.1, 0.15) is 38.2 Å². The Morgan fingerprint density at radius 1 is 1.24 bits per heavy atom. The van der Waals surface area contributed by atoms with E-state index in [0.717, 1.165) is 31.2 Å². The van der Waals surface area contributed by atoms with E-state index in [4.69, 9.17) is 11.5 Å². The Balaban J connectivity index is 2.20. The summed E-state index contributed by atoms with van der Waals surface area (Å²) in [6.07, 6.45) is 3.84. The smallest absolute Gasteiger partial charge is 0.237 e. The summed E-state index contributed by atoms with van der Waals surface area (Å²) in [6.45, 7) is 2.23. The van der Waals surface area contributed by atoms with Gasteiger partial charge in [0, 0.05) is 17.6 Å². The zero-order valence-electron chi connectivity index (χ0n) is 12.5. The molecule has 0 saturated heterocycles. The van der Waals surface area contributed by atoms with Crippen molar-refractivity contribution in [3.8, 4) is 0 Å². The largest absolute Gasteiger partial charge is 0.398 e. The Morgan fingerprint density at radius 3 is 2.43 bits per heavy atom. The third-order valence-corrected chi connectivity index (χ3v) is 4.27. The van der Waals surface area contributed by atoms with Gasteiger partial charge >= 0.3 is 0 Å². The number of anilines is 1. The van der Waals surface area contributed by atoms with Crippen molar-refractivity contribution >= 4 is 17.5 Å². The first kappa shape index (κ1) is 15.4. The Kier molecular flexibility index (Phi) is 4.50. The summed E-state index contributed by atoms with van der Waals surface area (Å²) in [5.41, 5.74) is 12.3. The lowest BCUT2D eigenvalue weighted by atomic mass is 9.87. The number of amides is 2. The fraction of sp³-hybridized carbons (Fsp3) is 0.500. The second-order valence-electron chi connectivity index (χ2n) is 6.09. The van der Waals surface area contributed by atoms with Crippen LogP contribution in [0.4, 0.5) is 5.69 Å². The second kappa shape index (κ2) is 6.16. The molecule has 1 aromatic carbocycles. The molecule has 0 unspecified atom stereocenters. The zero-order chi connectivity index (χ0) is 15.5. The number of carbonyl (C=O) groups excluding carboxylic acids is 2. The highest BCUT2D eigenvalue weighted by molar-refractivity contribution is 5.87. The zero-order valence-corrected chi connectivity index (χ0v) is 12.5. The number of para-hydroxylation sites is 1. The molecule has 0 radical (unpaired) electrons. The minimum absolute atomic E-state index is 0.00190. The van der Waals surface area contributed by atoms with Crippen molar-refractivity contribution in [3.05, 3.63) is 29.8 Å². The van der Waals surface area contributed by atoms with Gasteiger partial charge < -0.3 is 16.4 Å². The lowest BCUT2D eigenvalue weighted by Gasteiger charge is -2.31. The number of primary amides is 1. The molecule has 2 rings (SSSR count). The average Bonchev–Trinajstić information content (AvgIpc) is 2.87. The minimum atomic E-state index is -0.501. The fourth-order valence-electron chi connectivity index (χ4n) is 3.02. The van der Waals surface area contributed by atoms with Gasteiger partial charge in [-0.15, -0.1) is 0 Å². The van der Waals surface area contributed by atoms with Crippen LogP contribution in [0, 0.1) is 5.41 Å². The molecule has 0 atom stereocenters. The van der Waals surface area contributed by atoms with Gasteiger partial charge in [0.05, 0.1) is 6.54 Å². The van der Waals surface area contributed by atoms with E-state index in [1.807, 2.05) is 25.1 Å². The van der Waals surface area contributed by atoms with Gasteiger partial charge in [0.2, 0.25) is 11.8 Å². The van der Waals surface area contributed by atoms with Crippen LogP contribution < -0.4 is 11.5 Å². The molecule has 0 aromatic heterocycles. The van der Waals surface area contributed by atoms with Gasteiger partial charge in [-0.1, -0.05) is 38.0 Å². The molecule has 21 heavy (non-hydrogen) atoms. The van der Waals surface area contributed by atoms with Crippen molar-refractivity contribution in [2.75, 3.05) is 12.3 Å². The second-order valence-corrected chi connectivity index (χ2v) is 6.09. The van der Waals surface area contributed by atoms with Crippen LogP contribution in [0.3, 0.4) is 0 Å². The van der Waals surface area contributed by atoms with E-state index in [2.05, 4.69) is 0 Å². The first-order valence-corrected chi connectivity index (χ1v) is 7.33. The monoisotopic (exact) mass is 289 g/mol. The summed E-state index contributed by atoms with van der Waals surface area (Å²) in [6, 6.07) is 7.38. The number of benzene rings is 1. The van der Waals surface area contributed by atoms with Gasteiger partial charge in [-0.2, -0.15) is 0 Å². The molecule has 4 N–H and O–H groups in total. The highest BCUT2D eigenvalue weighted by Crippen LogP contribution is 2.39. The SMILES string of the molecule is CC1(C(=O)N(CC(N)=O)Cc2ccccc2N)CCCC1. The van der Waals surface area contributed by atoms with E-state index in [1.54, 1.807) is 11.0 Å². The molecule has 1 aliphatic rings. The fourth-order valence-corrected chi connectivity index (χ4v) is 3.02. The number of hydrogen-bond donors (Lipinski definition) is 2. The molecule has 2 amide bonds. The first-order valence-electron chi connectivity index (χ1n) is 7.33. The molecule has 5 nitrogen and oxygen atoms in total. The molecule has 0 aliphatic heterocycles. The topological polar surface area (TPSA) is 89.4 Å². The number of carbonyl (C=O) groups is 2. The molecule has 1 fully saturated rings. The lowest BCUT2D eigenvalue weighted by Crippen LogP contribution is -2.44. The Hall–Kier alpha value is -2.04. The molecular formula is C16H23N3O2. The Labute approximate surface area is 125 Å². The van der Waals surface area contributed by atoms with Crippen LogP contribution in [-0.2, 0) is 16.1 Å². The molecule has 114 valence electrons. The van der Waals surface area contributed by atoms with Gasteiger partial charge in [0.1, 0.15) is 0 Å². The maximum atomic E-state index is 12.8. The van der Waals surface area contributed by atoms with Gasteiger partial charge in [0.25, 0.3) is 0 Å². The molecule has 0 bridgehead atoms. The van der Waals surface area contributed by atoms with Gasteiger partial charge in [0.15, 0.2) is 0 Å². The Morgan fingerprint density at radius 2 is 1.86 bits per heavy atom. The first-order chi connectivity index (χ1) is 9.92. The molecular weight excluding hydrogens is 266 g/mol. The maximum absolute atomic E-state index is 12.8. The quantitative estimate of drug-likeness (QED) is 0.808. The van der Waals surface area contributed by atoms with Gasteiger partial charge in [-0.3, -0.25) is 9.59 Å². The van der Waals surface area contributed by atoms with Crippen LogP contribution in [-0.4, -0.2) is 23.3 Å². The van der Waals surface area contributed by atoms with E-state index < -0.39 is 5.91 Å². The molecule has 1 aliphatic carbocycles. The molecule has 1 saturated carbocycles. The summed E-state index contributed by atoms with van der Waals surface area (Å²) in [7, 11) is 0. The van der Waals surface area contributed by atoms with Crippen molar-refractivity contribution < 1.29 is 9.59 Å².